The Morgan fingerprint density at radius 3 is 2.17 bits per heavy atom. The Hall–Kier alpha value is -2.85. The summed E-state index contributed by atoms with van der Waals surface area (Å²) in [5.41, 5.74) is 0. The topological polar surface area (TPSA) is 147 Å². The van der Waals surface area contributed by atoms with E-state index in [1.807, 2.05) is 0 Å². The smallest absolute Gasteiger partial charge is 0.341 e. The molecule has 0 saturated heterocycles. The van der Waals surface area contributed by atoms with Crippen molar-refractivity contribution < 1.29 is 42.2 Å². The van der Waals surface area contributed by atoms with E-state index < -0.39 is 40.2 Å². The van der Waals surface area contributed by atoms with Crippen LogP contribution in [-0.4, -0.2) is 48.3 Å². The Labute approximate surface area is 135 Å². The van der Waals surface area contributed by atoms with Crippen molar-refractivity contribution in [3.63, 3.8) is 0 Å². The van der Waals surface area contributed by atoms with Crippen LogP contribution in [0.2, 0.25) is 0 Å². The standard InChI is InChI=1S/C14H12O9S/c15-12(16)6-22-9-2-3-10-8(5-9)1-4-11(23-7-13(17)18)14(10)24(19,20)21/h1-5H,6-7H2,(H,15,16)(H,17,18)(H,19,20,21). The van der Waals surface area contributed by atoms with Crippen molar-refractivity contribution >= 4 is 32.8 Å². The lowest BCUT2D eigenvalue weighted by molar-refractivity contribution is -0.140. The van der Waals surface area contributed by atoms with Crippen molar-refractivity contribution in [3.8, 4) is 11.5 Å². The molecule has 0 aromatic heterocycles. The van der Waals surface area contributed by atoms with Gasteiger partial charge in [0, 0.05) is 5.39 Å². The normalized spacial score (nSPS) is 11.2. The maximum atomic E-state index is 11.6. The van der Waals surface area contributed by atoms with Crippen LogP contribution in [0.3, 0.4) is 0 Å². The fourth-order valence-corrected chi connectivity index (χ4v) is 2.86. The predicted octanol–water partition coefficient (Wildman–Crippen LogP) is 1.01. The first kappa shape index (κ1) is 17.5. The van der Waals surface area contributed by atoms with Crippen molar-refractivity contribution in [1.82, 2.24) is 0 Å². The second kappa shape index (κ2) is 6.72. The first-order valence-electron chi connectivity index (χ1n) is 6.42. The van der Waals surface area contributed by atoms with Crippen LogP contribution in [0.15, 0.2) is 35.2 Å². The van der Waals surface area contributed by atoms with Crippen LogP contribution >= 0.6 is 0 Å². The van der Waals surface area contributed by atoms with Gasteiger partial charge in [0.25, 0.3) is 10.1 Å². The molecule has 0 saturated carbocycles. The predicted molar refractivity (Wildman–Crippen MR) is 80.0 cm³/mol. The van der Waals surface area contributed by atoms with Gasteiger partial charge in [0.1, 0.15) is 16.4 Å². The SMILES string of the molecule is O=C(O)COc1ccc2c(S(=O)(=O)O)c(OCC(=O)O)ccc2c1. The lowest BCUT2D eigenvalue weighted by atomic mass is 10.1. The lowest BCUT2D eigenvalue weighted by Gasteiger charge is -2.12. The zero-order valence-electron chi connectivity index (χ0n) is 12.0. The van der Waals surface area contributed by atoms with E-state index in [1.165, 1.54) is 30.3 Å². The highest BCUT2D eigenvalue weighted by Gasteiger charge is 2.21. The first-order chi connectivity index (χ1) is 11.2. The molecule has 0 radical (unpaired) electrons. The van der Waals surface area contributed by atoms with E-state index in [2.05, 4.69) is 0 Å². The number of carboxylic acid groups (broad SMARTS) is 2. The monoisotopic (exact) mass is 356 g/mol. The number of hydrogen-bond acceptors (Lipinski definition) is 6. The molecule has 0 atom stereocenters. The molecule has 0 fully saturated rings. The van der Waals surface area contributed by atoms with E-state index in [4.69, 9.17) is 19.7 Å². The molecule has 0 aliphatic heterocycles. The van der Waals surface area contributed by atoms with E-state index in [0.717, 1.165) is 0 Å². The number of carbonyl (C=O) groups is 2. The Kier molecular flexibility index (Phi) is 4.90. The van der Waals surface area contributed by atoms with Gasteiger partial charge >= 0.3 is 11.9 Å². The summed E-state index contributed by atoms with van der Waals surface area (Å²) in [6.45, 7) is -1.36. The number of fused-ring (bicyclic) bond motifs is 1. The van der Waals surface area contributed by atoms with E-state index in [1.54, 1.807) is 0 Å². The van der Waals surface area contributed by atoms with Gasteiger partial charge in [0.15, 0.2) is 13.2 Å². The van der Waals surface area contributed by atoms with E-state index >= 15 is 0 Å². The molecule has 3 N–H and O–H groups in total. The molecule has 0 heterocycles. The zero-order chi connectivity index (χ0) is 17.9. The van der Waals surface area contributed by atoms with Gasteiger partial charge in [-0.3, -0.25) is 4.55 Å². The summed E-state index contributed by atoms with van der Waals surface area (Å²) >= 11 is 0. The molecule has 2 aromatic carbocycles. The van der Waals surface area contributed by atoms with Crippen molar-refractivity contribution in [2.75, 3.05) is 13.2 Å². The highest BCUT2D eigenvalue weighted by Crippen LogP contribution is 2.34. The van der Waals surface area contributed by atoms with E-state index in [9.17, 15) is 22.6 Å². The second-order valence-corrected chi connectivity index (χ2v) is 5.97. The molecule has 24 heavy (non-hydrogen) atoms. The third kappa shape index (κ3) is 4.12. The highest BCUT2D eigenvalue weighted by atomic mass is 32.2. The minimum absolute atomic E-state index is 0.0723. The Balaban J connectivity index is 2.53. The van der Waals surface area contributed by atoms with Crippen LogP contribution in [0.25, 0.3) is 10.8 Å². The van der Waals surface area contributed by atoms with Crippen LogP contribution in [-0.2, 0) is 19.7 Å². The lowest BCUT2D eigenvalue weighted by Crippen LogP contribution is -2.12. The summed E-state index contributed by atoms with van der Waals surface area (Å²) in [5.74, 6) is -2.61. The fraction of sp³-hybridized carbons (Fsp3) is 0.143. The van der Waals surface area contributed by atoms with Crippen molar-refractivity contribution in [3.05, 3.63) is 30.3 Å². The summed E-state index contributed by atoms with van der Waals surface area (Å²) in [6.07, 6.45) is 0. The summed E-state index contributed by atoms with van der Waals surface area (Å²) in [5, 5.41) is 17.6. The number of carboxylic acids is 2. The molecule has 0 aliphatic rings. The third-order valence-electron chi connectivity index (χ3n) is 2.88. The van der Waals surface area contributed by atoms with E-state index in [-0.39, 0.29) is 16.9 Å². The van der Waals surface area contributed by atoms with Gasteiger partial charge in [-0.2, -0.15) is 8.42 Å². The van der Waals surface area contributed by atoms with Gasteiger partial charge < -0.3 is 19.7 Å². The first-order valence-corrected chi connectivity index (χ1v) is 7.86. The number of hydrogen-bond donors (Lipinski definition) is 3. The fourth-order valence-electron chi connectivity index (χ4n) is 2.01. The Morgan fingerprint density at radius 2 is 1.58 bits per heavy atom. The zero-order valence-corrected chi connectivity index (χ0v) is 12.8. The number of benzene rings is 2. The molecular formula is C14H12O9S. The van der Waals surface area contributed by atoms with E-state index in [0.29, 0.717) is 5.39 Å². The van der Waals surface area contributed by atoms with Crippen molar-refractivity contribution in [2.45, 2.75) is 4.90 Å². The second-order valence-electron chi connectivity index (χ2n) is 4.62. The number of aliphatic carboxylic acids is 2. The Bertz CT molecular complexity index is 902. The molecule has 0 unspecified atom stereocenters. The average Bonchev–Trinajstić information content (AvgIpc) is 2.48. The van der Waals surface area contributed by atoms with Gasteiger partial charge in [0.2, 0.25) is 0 Å². The van der Waals surface area contributed by atoms with Gasteiger partial charge in [-0.25, -0.2) is 9.59 Å². The molecule has 0 bridgehead atoms. The van der Waals surface area contributed by atoms with Gasteiger partial charge in [-0.1, -0.05) is 6.07 Å². The Morgan fingerprint density at radius 1 is 0.958 bits per heavy atom. The largest absolute Gasteiger partial charge is 0.482 e. The number of rotatable bonds is 7. The summed E-state index contributed by atoms with van der Waals surface area (Å²) in [7, 11) is -4.70. The summed E-state index contributed by atoms with van der Waals surface area (Å²) in [6, 6.07) is 6.61. The molecule has 128 valence electrons. The van der Waals surface area contributed by atoms with Crippen molar-refractivity contribution in [2.24, 2.45) is 0 Å². The van der Waals surface area contributed by atoms with Crippen molar-refractivity contribution in [1.29, 1.82) is 0 Å². The number of ether oxygens (including phenoxy) is 2. The summed E-state index contributed by atoms with van der Waals surface area (Å²) in [4.78, 5) is 20.5. The molecule has 2 rings (SSSR count). The van der Waals surface area contributed by atoms with Gasteiger partial charge in [-0.05, 0) is 29.7 Å². The maximum Gasteiger partial charge on any atom is 0.341 e. The van der Waals surface area contributed by atoms with Crippen LogP contribution in [0.5, 0.6) is 11.5 Å². The molecule has 0 amide bonds. The quantitative estimate of drug-likeness (QED) is 0.618. The van der Waals surface area contributed by atoms with Gasteiger partial charge in [0.05, 0.1) is 0 Å². The molecule has 0 aliphatic carbocycles. The molecule has 0 spiro atoms. The third-order valence-corrected chi connectivity index (χ3v) is 3.81. The molecule has 10 heteroatoms. The van der Waals surface area contributed by atoms with Gasteiger partial charge in [-0.15, -0.1) is 0 Å². The minimum atomic E-state index is -4.70. The van der Waals surface area contributed by atoms with Crippen LogP contribution < -0.4 is 9.47 Å². The van der Waals surface area contributed by atoms with Crippen LogP contribution in [0.1, 0.15) is 0 Å². The van der Waals surface area contributed by atoms with Crippen LogP contribution in [0, 0.1) is 0 Å². The average molecular weight is 356 g/mol. The highest BCUT2D eigenvalue weighted by molar-refractivity contribution is 7.86. The molecule has 9 nitrogen and oxygen atoms in total. The summed E-state index contributed by atoms with van der Waals surface area (Å²) < 4.78 is 42.6. The molecule has 2 aromatic rings. The molecular weight excluding hydrogens is 344 g/mol. The minimum Gasteiger partial charge on any atom is -0.482 e. The van der Waals surface area contributed by atoms with Crippen LogP contribution in [0.4, 0.5) is 0 Å². The maximum absolute atomic E-state index is 11.6.